The van der Waals surface area contributed by atoms with E-state index >= 15 is 0 Å². The minimum absolute atomic E-state index is 0.0940. The van der Waals surface area contributed by atoms with Crippen molar-refractivity contribution in [3.05, 3.63) is 101 Å². The number of likely N-dealkylation sites (N-methyl/N-ethyl adjacent to an activating group) is 1. The fourth-order valence-corrected chi connectivity index (χ4v) is 7.35. The van der Waals surface area contributed by atoms with Gasteiger partial charge in [-0.05, 0) is 75.8 Å². The molecule has 1 saturated heterocycles. The second-order valence-electron chi connectivity index (χ2n) is 14.2. The van der Waals surface area contributed by atoms with Gasteiger partial charge in [-0.1, -0.05) is 74.5 Å². The lowest BCUT2D eigenvalue weighted by atomic mass is 9.93. The second kappa shape index (κ2) is 18.3. The highest BCUT2D eigenvalue weighted by molar-refractivity contribution is 7.90. The molecule has 0 bridgehead atoms. The minimum Gasteiger partial charge on any atom is -0.355 e. The fraction of sp³-hybridized carbons (Fsp3) is 0.436. The van der Waals surface area contributed by atoms with E-state index in [1.165, 1.54) is 22.5 Å². The zero-order chi connectivity index (χ0) is 38.8. The van der Waals surface area contributed by atoms with E-state index < -0.39 is 45.7 Å². The van der Waals surface area contributed by atoms with Gasteiger partial charge in [-0.2, -0.15) is 13.1 Å². The molecule has 1 fully saturated rings. The Hall–Kier alpha value is -4.79. The number of hydrogen-bond donors (Lipinski definition) is 6. The van der Waals surface area contributed by atoms with Crippen molar-refractivity contribution in [3.63, 3.8) is 0 Å². The maximum atomic E-state index is 14.1. The molecule has 0 saturated carbocycles. The Morgan fingerprint density at radius 2 is 1.47 bits per heavy atom. The first-order valence-corrected chi connectivity index (χ1v) is 19.5. The maximum absolute atomic E-state index is 14.1. The molecular weight excluding hydrogens is 695 g/mol. The third-order valence-electron chi connectivity index (χ3n) is 9.09. The lowest BCUT2D eigenvalue weighted by molar-refractivity contribution is -0.130. The molecule has 3 aromatic rings. The highest BCUT2D eigenvalue weighted by Gasteiger charge is 2.30. The third-order valence-corrected chi connectivity index (χ3v) is 10.6. The number of nitrogens with zero attached hydrogens (tertiary/aromatic N) is 1. The van der Waals surface area contributed by atoms with Crippen LogP contribution in [-0.2, 0) is 31.8 Å². The van der Waals surface area contributed by atoms with Gasteiger partial charge in [-0.15, -0.1) is 0 Å². The Bertz CT molecular complexity index is 1840. The van der Waals surface area contributed by atoms with Gasteiger partial charge in [0.1, 0.15) is 6.04 Å². The predicted octanol–water partition coefficient (Wildman–Crippen LogP) is 2.99. The van der Waals surface area contributed by atoms with E-state index in [9.17, 15) is 27.6 Å². The van der Waals surface area contributed by atoms with Crippen molar-refractivity contribution >= 4 is 39.5 Å². The SMILES string of the molecule is CCNC(=O)[C@@H](NC(=O)[C@H](C)NC[C@H](Cc1ccccc1)NC(=O)c1cc(C(=O)NC(C)(C)c2ccccc2)cc(N2CCCNS2(=O)=O)c1)C(C)C. The van der Waals surface area contributed by atoms with Crippen LogP contribution in [0.5, 0.6) is 0 Å². The quantitative estimate of drug-likeness (QED) is 0.131. The van der Waals surface area contributed by atoms with Crippen LogP contribution in [0.4, 0.5) is 5.69 Å². The van der Waals surface area contributed by atoms with Crippen LogP contribution in [0.1, 0.15) is 79.8 Å². The van der Waals surface area contributed by atoms with E-state index in [0.717, 1.165) is 11.1 Å². The molecule has 14 heteroatoms. The Labute approximate surface area is 313 Å². The number of hydrogen-bond acceptors (Lipinski definition) is 7. The number of amides is 4. The standard InChI is InChI=1S/C39H53N7O6S/c1-7-40-38(50)34(26(2)3)44-35(47)27(4)41-25-32(21-28-15-10-8-11-16-28)43-36(48)29-22-30(24-33(23-29)46-20-14-19-42-53(46,51)52)37(49)45-39(5,6)31-17-12-9-13-18-31/h8-13,15-18,22-24,26-27,32,34,41-42H,7,14,19-21,25H2,1-6H3,(H,40,50)(H,43,48)(H,44,47)(H,45,49)/t27-,32-,34-/m0/s1. The van der Waals surface area contributed by atoms with Crippen molar-refractivity contribution in [1.29, 1.82) is 0 Å². The van der Waals surface area contributed by atoms with Gasteiger partial charge in [-0.25, -0.2) is 0 Å². The molecule has 1 aliphatic heterocycles. The highest BCUT2D eigenvalue weighted by atomic mass is 32.2. The molecule has 0 spiro atoms. The van der Waals surface area contributed by atoms with Gasteiger partial charge < -0.3 is 26.6 Å². The summed E-state index contributed by atoms with van der Waals surface area (Å²) in [6, 6.07) is 21.4. The molecule has 0 radical (unpaired) electrons. The van der Waals surface area contributed by atoms with E-state index in [-0.39, 0.29) is 54.2 Å². The molecule has 3 atom stereocenters. The zero-order valence-corrected chi connectivity index (χ0v) is 32.2. The topological polar surface area (TPSA) is 178 Å². The molecule has 1 heterocycles. The first-order valence-electron chi connectivity index (χ1n) is 18.1. The first kappa shape index (κ1) is 41.0. The van der Waals surface area contributed by atoms with Crippen LogP contribution in [0.15, 0.2) is 78.9 Å². The van der Waals surface area contributed by atoms with E-state index in [0.29, 0.717) is 19.4 Å². The van der Waals surface area contributed by atoms with Gasteiger partial charge in [0, 0.05) is 43.3 Å². The first-order chi connectivity index (χ1) is 25.1. The van der Waals surface area contributed by atoms with Gasteiger partial charge in [0.25, 0.3) is 11.8 Å². The second-order valence-corrected chi connectivity index (χ2v) is 15.8. The zero-order valence-electron chi connectivity index (χ0n) is 31.4. The number of nitrogens with one attached hydrogen (secondary N) is 6. The summed E-state index contributed by atoms with van der Waals surface area (Å²) in [4.78, 5) is 53.6. The summed E-state index contributed by atoms with van der Waals surface area (Å²) in [5.74, 6) is -1.76. The Morgan fingerprint density at radius 3 is 2.08 bits per heavy atom. The molecule has 0 aliphatic carbocycles. The van der Waals surface area contributed by atoms with Gasteiger partial charge in [0.05, 0.1) is 17.3 Å². The predicted molar refractivity (Wildman–Crippen MR) is 207 cm³/mol. The molecule has 1 aliphatic rings. The molecule has 286 valence electrons. The lowest BCUT2D eigenvalue weighted by Crippen LogP contribution is -2.55. The fourth-order valence-electron chi connectivity index (χ4n) is 6.04. The summed E-state index contributed by atoms with van der Waals surface area (Å²) >= 11 is 0. The Balaban J connectivity index is 1.60. The van der Waals surface area contributed by atoms with Crippen LogP contribution in [0.3, 0.4) is 0 Å². The van der Waals surface area contributed by atoms with Gasteiger partial charge >= 0.3 is 10.2 Å². The summed E-state index contributed by atoms with van der Waals surface area (Å²) in [5, 5.41) is 14.9. The van der Waals surface area contributed by atoms with E-state index in [4.69, 9.17) is 0 Å². The molecule has 6 N–H and O–H groups in total. The molecule has 53 heavy (non-hydrogen) atoms. The lowest BCUT2D eigenvalue weighted by Gasteiger charge is -2.30. The van der Waals surface area contributed by atoms with E-state index in [1.54, 1.807) is 6.92 Å². The van der Waals surface area contributed by atoms with Crippen molar-refractivity contribution < 1.29 is 27.6 Å². The number of benzene rings is 3. The van der Waals surface area contributed by atoms with Gasteiger partial charge in [0.2, 0.25) is 11.8 Å². The number of carbonyl (C=O) groups excluding carboxylic acids is 4. The summed E-state index contributed by atoms with van der Waals surface area (Å²) in [5.41, 5.74) is 1.43. The van der Waals surface area contributed by atoms with Crippen LogP contribution in [-0.4, -0.2) is 76.4 Å². The molecule has 0 unspecified atom stereocenters. The Morgan fingerprint density at radius 1 is 0.849 bits per heavy atom. The maximum Gasteiger partial charge on any atom is 0.301 e. The smallest absolute Gasteiger partial charge is 0.301 e. The van der Waals surface area contributed by atoms with Gasteiger partial charge in [-0.3, -0.25) is 23.5 Å². The monoisotopic (exact) mass is 747 g/mol. The largest absolute Gasteiger partial charge is 0.355 e. The molecule has 4 amide bonds. The van der Waals surface area contributed by atoms with Crippen molar-refractivity contribution in [3.8, 4) is 0 Å². The summed E-state index contributed by atoms with van der Waals surface area (Å²) in [6.45, 7) is 12.0. The molecule has 4 rings (SSSR count). The molecular formula is C39H53N7O6S. The van der Waals surface area contributed by atoms with Crippen LogP contribution in [0, 0.1) is 5.92 Å². The van der Waals surface area contributed by atoms with Crippen molar-refractivity contribution in [2.24, 2.45) is 5.92 Å². The van der Waals surface area contributed by atoms with Crippen LogP contribution in [0.2, 0.25) is 0 Å². The number of rotatable bonds is 16. The highest BCUT2D eigenvalue weighted by Crippen LogP contribution is 2.26. The summed E-state index contributed by atoms with van der Waals surface area (Å²) in [7, 11) is -3.91. The van der Waals surface area contributed by atoms with Gasteiger partial charge in [0.15, 0.2) is 0 Å². The molecule has 3 aromatic carbocycles. The average molecular weight is 748 g/mol. The van der Waals surface area contributed by atoms with E-state index in [1.807, 2.05) is 95.3 Å². The van der Waals surface area contributed by atoms with Crippen LogP contribution in [0.25, 0.3) is 0 Å². The van der Waals surface area contributed by atoms with Crippen molar-refractivity contribution in [1.82, 2.24) is 31.3 Å². The number of anilines is 1. The summed E-state index contributed by atoms with van der Waals surface area (Å²) in [6.07, 6.45) is 0.945. The Kier molecular flexibility index (Phi) is 14.2. The van der Waals surface area contributed by atoms with Crippen molar-refractivity contribution in [2.45, 2.75) is 78.0 Å². The molecule has 13 nitrogen and oxygen atoms in total. The van der Waals surface area contributed by atoms with Crippen LogP contribution < -0.4 is 35.6 Å². The minimum atomic E-state index is -3.91. The third kappa shape index (κ3) is 11.3. The average Bonchev–Trinajstić information content (AvgIpc) is 3.12. The van der Waals surface area contributed by atoms with E-state index in [2.05, 4.69) is 31.3 Å². The molecule has 0 aromatic heterocycles. The van der Waals surface area contributed by atoms with Crippen molar-refractivity contribution in [2.75, 3.05) is 30.5 Å². The summed E-state index contributed by atoms with van der Waals surface area (Å²) < 4.78 is 29.8. The number of carbonyl (C=O) groups is 4. The normalized spacial score (nSPS) is 15.9. The van der Waals surface area contributed by atoms with Crippen LogP contribution >= 0.6 is 0 Å².